The van der Waals surface area contributed by atoms with Gasteiger partial charge in [-0.1, -0.05) is 0 Å². The SMILES string of the molecule is Cn1ccnc1NCCCn1cccn1. The molecule has 5 nitrogen and oxygen atoms in total. The number of imidazole rings is 1. The molecule has 0 aliphatic heterocycles. The number of aromatic nitrogens is 4. The third-order valence-corrected chi connectivity index (χ3v) is 2.23. The first-order valence-corrected chi connectivity index (χ1v) is 5.05. The molecule has 5 heteroatoms. The molecule has 1 N–H and O–H groups in total. The number of rotatable bonds is 5. The minimum Gasteiger partial charge on any atom is -0.356 e. The summed E-state index contributed by atoms with van der Waals surface area (Å²) < 4.78 is 3.90. The van der Waals surface area contributed by atoms with Gasteiger partial charge in [0.2, 0.25) is 5.95 Å². The Bertz CT molecular complexity index is 390. The van der Waals surface area contributed by atoms with Crippen LogP contribution in [0.15, 0.2) is 30.9 Å². The number of nitrogens with one attached hydrogen (secondary N) is 1. The van der Waals surface area contributed by atoms with Crippen molar-refractivity contribution in [1.29, 1.82) is 0 Å². The molecule has 15 heavy (non-hydrogen) atoms. The van der Waals surface area contributed by atoms with E-state index in [2.05, 4.69) is 15.4 Å². The fourth-order valence-electron chi connectivity index (χ4n) is 1.41. The van der Waals surface area contributed by atoms with E-state index in [4.69, 9.17) is 0 Å². The Morgan fingerprint density at radius 3 is 2.93 bits per heavy atom. The highest BCUT2D eigenvalue weighted by Crippen LogP contribution is 2.00. The number of hydrogen-bond acceptors (Lipinski definition) is 3. The van der Waals surface area contributed by atoms with Gasteiger partial charge in [-0.2, -0.15) is 5.10 Å². The Labute approximate surface area is 88.7 Å². The predicted molar refractivity (Wildman–Crippen MR) is 58.5 cm³/mol. The standard InChI is InChI=1S/C10H15N5/c1-14-9-6-12-10(14)11-4-2-7-15-8-3-5-13-15/h3,5-6,8-9H,2,4,7H2,1H3,(H,11,12). The van der Waals surface area contributed by atoms with Gasteiger partial charge in [0.05, 0.1) is 0 Å². The van der Waals surface area contributed by atoms with Crippen molar-refractivity contribution in [3.05, 3.63) is 30.9 Å². The molecule has 0 aliphatic rings. The van der Waals surface area contributed by atoms with Crippen molar-refractivity contribution in [3.8, 4) is 0 Å². The van der Waals surface area contributed by atoms with Crippen LogP contribution in [0.3, 0.4) is 0 Å². The Kier molecular flexibility index (Phi) is 3.02. The molecule has 0 bridgehead atoms. The van der Waals surface area contributed by atoms with Gasteiger partial charge >= 0.3 is 0 Å². The highest BCUT2D eigenvalue weighted by molar-refractivity contribution is 5.24. The van der Waals surface area contributed by atoms with Crippen molar-refractivity contribution in [3.63, 3.8) is 0 Å². The Morgan fingerprint density at radius 2 is 2.27 bits per heavy atom. The highest BCUT2D eigenvalue weighted by Gasteiger charge is 1.96. The zero-order valence-electron chi connectivity index (χ0n) is 8.80. The van der Waals surface area contributed by atoms with E-state index < -0.39 is 0 Å². The summed E-state index contributed by atoms with van der Waals surface area (Å²) in [6, 6.07) is 1.94. The van der Waals surface area contributed by atoms with Crippen molar-refractivity contribution in [2.24, 2.45) is 7.05 Å². The van der Waals surface area contributed by atoms with Crippen LogP contribution in [0.1, 0.15) is 6.42 Å². The highest BCUT2D eigenvalue weighted by atomic mass is 15.3. The fourth-order valence-corrected chi connectivity index (χ4v) is 1.41. The second-order valence-electron chi connectivity index (χ2n) is 3.41. The minimum absolute atomic E-state index is 0.907. The maximum atomic E-state index is 4.18. The average molecular weight is 205 g/mol. The molecule has 0 atom stereocenters. The molecule has 2 aromatic rings. The van der Waals surface area contributed by atoms with Gasteiger partial charge in [0.15, 0.2) is 0 Å². The molecule has 2 heterocycles. The molecule has 0 unspecified atom stereocenters. The second-order valence-corrected chi connectivity index (χ2v) is 3.41. The fraction of sp³-hybridized carbons (Fsp3) is 0.400. The number of anilines is 1. The third-order valence-electron chi connectivity index (χ3n) is 2.23. The zero-order valence-corrected chi connectivity index (χ0v) is 8.80. The molecule has 0 saturated heterocycles. The molecular weight excluding hydrogens is 190 g/mol. The molecule has 80 valence electrons. The predicted octanol–water partition coefficient (Wildman–Crippen LogP) is 1.12. The van der Waals surface area contributed by atoms with Crippen molar-refractivity contribution < 1.29 is 0 Å². The average Bonchev–Trinajstić information content (AvgIpc) is 2.85. The molecular formula is C10H15N5. The van der Waals surface area contributed by atoms with E-state index in [-0.39, 0.29) is 0 Å². The third kappa shape index (κ3) is 2.59. The zero-order chi connectivity index (χ0) is 10.5. The first-order chi connectivity index (χ1) is 7.36. The molecule has 0 saturated carbocycles. The van der Waals surface area contributed by atoms with Gasteiger partial charge in [0.25, 0.3) is 0 Å². The van der Waals surface area contributed by atoms with Gasteiger partial charge in [-0.15, -0.1) is 0 Å². The van der Waals surface area contributed by atoms with E-state index in [1.54, 1.807) is 12.4 Å². The lowest BCUT2D eigenvalue weighted by Gasteiger charge is -2.05. The van der Waals surface area contributed by atoms with Crippen LogP contribution in [0.4, 0.5) is 5.95 Å². The number of aryl methyl sites for hydroxylation is 2. The molecule has 0 radical (unpaired) electrons. The van der Waals surface area contributed by atoms with Gasteiger partial charge in [-0.25, -0.2) is 4.98 Å². The van der Waals surface area contributed by atoms with Crippen LogP contribution < -0.4 is 5.32 Å². The quantitative estimate of drug-likeness (QED) is 0.744. The van der Waals surface area contributed by atoms with E-state index in [1.165, 1.54) is 0 Å². The second kappa shape index (κ2) is 4.63. The Balaban J connectivity index is 1.70. The van der Waals surface area contributed by atoms with Crippen molar-refractivity contribution >= 4 is 5.95 Å². The lowest BCUT2D eigenvalue weighted by Crippen LogP contribution is -2.09. The number of nitrogens with zero attached hydrogens (tertiary/aromatic N) is 4. The summed E-state index contributed by atoms with van der Waals surface area (Å²) in [6.45, 7) is 1.84. The molecule has 2 rings (SSSR count). The van der Waals surface area contributed by atoms with Crippen molar-refractivity contribution in [1.82, 2.24) is 19.3 Å². The van der Waals surface area contributed by atoms with Crippen molar-refractivity contribution in [2.75, 3.05) is 11.9 Å². The molecule has 0 fully saturated rings. The Morgan fingerprint density at radius 1 is 1.33 bits per heavy atom. The van der Waals surface area contributed by atoms with Gasteiger partial charge < -0.3 is 9.88 Å². The monoisotopic (exact) mass is 205 g/mol. The van der Waals surface area contributed by atoms with Crippen molar-refractivity contribution in [2.45, 2.75) is 13.0 Å². The van der Waals surface area contributed by atoms with E-state index >= 15 is 0 Å². The van der Waals surface area contributed by atoms with Crippen LogP contribution in [0.25, 0.3) is 0 Å². The number of hydrogen-bond donors (Lipinski definition) is 1. The van der Waals surface area contributed by atoms with Gasteiger partial charge in [-0.3, -0.25) is 4.68 Å². The first-order valence-electron chi connectivity index (χ1n) is 5.05. The smallest absolute Gasteiger partial charge is 0.202 e. The normalized spacial score (nSPS) is 10.5. The first kappa shape index (κ1) is 9.76. The summed E-state index contributed by atoms with van der Waals surface area (Å²) in [5, 5.41) is 7.40. The molecule has 2 aromatic heterocycles. The summed E-state index contributed by atoms with van der Waals surface area (Å²) in [5.41, 5.74) is 0. The largest absolute Gasteiger partial charge is 0.356 e. The maximum Gasteiger partial charge on any atom is 0.202 e. The minimum atomic E-state index is 0.907. The van der Waals surface area contributed by atoms with Crippen LogP contribution in [0.2, 0.25) is 0 Å². The summed E-state index contributed by atoms with van der Waals surface area (Å²) >= 11 is 0. The summed E-state index contributed by atoms with van der Waals surface area (Å²) in [7, 11) is 1.98. The van der Waals surface area contributed by atoms with Gasteiger partial charge in [-0.05, 0) is 12.5 Å². The van der Waals surface area contributed by atoms with Gasteiger partial charge in [0.1, 0.15) is 0 Å². The van der Waals surface area contributed by atoms with Crippen LogP contribution in [0, 0.1) is 0 Å². The molecule has 0 spiro atoms. The summed E-state index contributed by atoms with van der Waals surface area (Å²) in [4.78, 5) is 4.18. The van der Waals surface area contributed by atoms with Crippen LogP contribution >= 0.6 is 0 Å². The lowest BCUT2D eigenvalue weighted by atomic mass is 10.4. The molecule has 0 amide bonds. The molecule has 0 aromatic carbocycles. The lowest BCUT2D eigenvalue weighted by molar-refractivity contribution is 0.590. The van der Waals surface area contributed by atoms with E-state index in [0.29, 0.717) is 0 Å². The van der Waals surface area contributed by atoms with Crippen LogP contribution in [0.5, 0.6) is 0 Å². The topological polar surface area (TPSA) is 47.7 Å². The van der Waals surface area contributed by atoms with E-state index in [0.717, 1.165) is 25.5 Å². The molecule has 0 aliphatic carbocycles. The van der Waals surface area contributed by atoms with Crippen LogP contribution in [-0.2, 0) is 13.6 Å². The maximum absolute atomic E-state index is 4.18. The van der Waals surface area contributed by atoms with Gasteiger partial charge in [0, 0.05) is 44.9 Å². The van der Waals surface area contributed by atoms with E-state index in [9.17, 15) is 0 Å². The summed E-state index contributed by atoms with van der Waals surface area (Å²) in [6.07, 6.45) is 8.52. The Hall–Kier alpha value is -1.78. The van der Waals surface area contributed by atoms with Crippen LogP contribution in [-0.4, -0.2) is 25.9 Å². The summed E-state index contributed by atoms with van der Waals surface area (Å²) in [5.74, 6) is 0.912. The van der Waals surface area contributed by atoms with E-state index in [1.807, 2.05) is 34.8 Å².